The molecular weight excluding hydrogens is 280 g/mol. The second-order valence-electron chi connectivity index (χ2n) is 7.00. The Labute approximate surface area is 131 Å². The molecule has 1 saturated carbocycles. The fourth-order valence-electron chi connectivity index (χ4n) is 3.13. The van der Waals surface area contributed by atoms with E-state index < -0.39 is 5.54 Å². The van der Waals surface area contributed by atoms with Crippen molar-refractivity contribution in [3.63, 3.8) is 0 Å². The number of hydrogen-bond donors (Lipinski definition) is 2. The molecule has 3 N–H and O–H groups in total. The van der Waals surface area contributed by atoms with Crippen LogP contribution in [0, 0.1) is 0 Å². The molecule has 5 heteroatoms. The van der Waals surface area contributed by atoms with Gasteiger partial charge in [-0.1, -0.05) is 32.8 Å². The molecule has 1 aromatic carbocycles. The number of hydrogen-bond acceptors (Lipinski definition) is 4. The molecule has 0 unspecified atom stereocenters. The van der Waals surface area contributed by atoms with Crippen LogP contribution < -0.4 is 20.5 Å². The molecule has 0 radical (unpaired) electrons. The first-order valence-corrected chi connectivity index (χ1v) is 7.88. The number of carbonyl (C=O) groups excluding carboxylic acids is 1. The van der Waals surface area contributed by atoms with E-state index in [2.05, 4.69) is 19.2 Å². The summed E-state index contributed by atoms with van der Waals surface area (Å²) in [6.07, 6.45) is 3.64. The number of benzene rings is 1. The number of amides is 1. The molecule has 1 heterocycles. The summed E-state index contributed by atoms with van der Waals surface area (Å²) in [5.41, 5.74) is 6.42. The SMILES string of the molecule is CC(C)(CNC(=O)C1(N)CCCC1)c1ccc2c(c1)OCO2. The maximum Gasteiger partial charge on any atom is 0.240 e. The first-order chi connectivity index (χ1) is 10.4. The zero-order valence-corrected chi connectivity index (χ0v) is 13.3. The molecule has 1 aliphatic carbocycles. The molecule has 1 amide bonds. The molecule has 3 rings (SSSR count). The minimum absolute atomic E-state index is 0.0289. The molecule has 0 atom stereocenters. The Morgan fingerprint density at radius 1 is 1.27 bits per heavy atom. The van der Waals surface area contributed by atoms with Crippen LogP contribution >= 0.6 is 0 Å². The molecule has 0 spiro atoms. The molecular formula is C17H24N2O3. The van der Waals surface area contributed by atoms with Crippen LogP contribution in [0.5, 0.6) is 11.5 Å². The van der Waals surface area contributed by atoms with Gasteiger partial charge in [0.15, 0.2) is 11.5 Å². The standard InChI is InChI=1S/C17H24N2O3/c1-16(2,10-19-15(20)17(18)7-3-4-8-17)12-5-6-13-14(9-12)22-11-21-13/h5-6,9H,3-4,7-8,10-11,18H2,1-2H3,(H,19,20). The van der Waals surface area contributed by atoms with E-state index in [1.807, 2.05) is 18.2 Å². The van der Waals surface area contributed by atoms with Gasteiger partial charge in [-0.2, -0.15) is 0 Å². The Kier molecular flexibility index (Phi) is 3.77. The molecule has 2 aliphatic rings. The number of ether oxygens (including phenoxy) is 2. The molecule has 22 heavy (non-hydrogen) atoms. The normalized spacial score (nSPS) is 19.2. The second kappa shape index (κ2) is 5.47. The summed E-state index contributed by atoms with van der Waals surface area (Å²) in [5, 5.41) is 3.04. The summed E-state index contributed by atoms with van der Waals surface area (Å²) in [4.78, 5) is 12.4. The minimum atomic E-state index is -0.676. The van der Waals surface area contributed by atoms with Crippen LogP contribution in [0.15, 0.2) is 18.2 Å². The Morgan fingerprint density at radius 2 is 1.95 bits per heavy atom. The average molecular weight is 304 g/mol. The molecule has 1 aliphatic heterocycles. The van der Waals surface area contributed by atoms with Gasteiger partial charge in [-0.05, 0) is 30.5 Å². The first kappa shape index (κ1) is 15.2. The number of fused-ring (bicyclic) bond motifs is 1. The molecule has 0 saturated heterocycles. The van der Waals surface area contributed by atoms with Gasteiger partial charge in [0.1, 0.15) is 0 Å². The lowest BCUT2D eigenvalue weighted by molar-refractivity contribution is -0.126. The Hall–Kier alpha value is -1.75. The average Bonchev–Trinajstić information content (AvgIpc) is 3.13. The number of nitrogens with two attached hydrogens (primary N) is 1. The lowest BCUT2D eigenvalue weighted by Gasteiger charge is -2.29. The number of rotatable bonds is 4. The van der Waals surface area contributed by atoms with Crippen LogP contribution in [0.1, 0.15) is 45.1 Å². The third kappa shape index (κ3) is 2.77. The lowest BCUT2D eigenvalue weighted by atomic mass is 9.84. The molecule has 0 aromatic heterocycles. The number of carbonyl (C=O) groups is 1. The predicted octanol–water partition coefficient (Wildman–Crippen LogP) is 2.08. The molecule has 5 nitrogen and oxygen atoms in total. The van der Waals surface area contributed by atoms with Crippen molar-refractivity contribution < 1.29 is 14.3 Å². The fourth-order valence-corrected chi connectivity index (χ4v) is 3.13. The van der Waals surface area contributed by atoms with Crippen molar-refractivity contribution >= 4 is 5.91 Å². The van der Waals surface area contributed by atoms with Gasteiger partial charge >= 0.3 is 0 Å². The Morgan fingerprint density at radius 3 is 2.68 bits per heavy atom. The monoisotopic (exact) mass is 304 g/mol. The van der Waals surface area contributed by atoms with Crippen molar-refractivity contribution in [2.45, 2.75) is 50.5 Å². The maximum atomic E-state index is 12.4. The van der Waals surface area contributed by atoms with Crippen molar-refractivity contribution in [2.24, 2.45) is 5.73 Å². The van der Waals surface area contributed by atoms with Gasteiger partial charge in [0, 0.05) is 12.0 Å². The lowest BCUT2D eigenvalue weighted by Crippen LogP contribution is -2.53. The van der Waals surface area contributed by atoms with Crippen molar-refractivity contribution in [1.82, 2.24) is 5.32 Å². The predicted molar refractivity (Wildman–Crippen MR) is 84.0 cm³/mol. The van der Waals surface area contributed by atoms with Gasteiger partial charge in [-0.25, -0.2) is 0 Å². The van der Waals surface area contributed by atoms with Crippen LogP contribution in [0.3, 0.4) is 0 Å². The van der Waals surface area contributed by atoms with E-state index in [1.165, 1.54) is 0 Å². The maximum absolute atomic E-state index is 12.4. The summed E-state index contributed by atoms with van der Waals surface area (Å²) < 4.78 is 10.8. The molecule has 0 bridgehead atoms. The highest BCUT2D eigenvalue weighted by molar-refractivity contribution is 5.86. The third-order valence-corrected chi connectivity index (χ3v) is 4.79. The van der Waals surface area contributed by atoms with E-state index in [4.69, 9.17) is 15.2 Å². The highest BCUT2D eigenvalue weighted by Crippen LogP contribution is 2.36. The minimum Gasteiger partial charge on any atom is -0.454 e. The smallest absolute Gasteiger partial charge is 0.240 e. The molecule has 120 valence electrons. The van der Waals surface area contributed by atoms with Gasteiger partial charge in [0.2, 0.25) is 12.7 Å². The van der Waals surface area contributed by atoms with Gasteiger partial charge in [-0.3, -0.25) is 4.79 Å². The largest absolute Gasteiger partial charge is 0.454 e. The molecule has 1 aromatic rings. The van der Waals surface area contributed by atoms with Crippen molar-refractivity contribution in [2.75, 3.05) is 13.3 Å². The topological polar surface area (TPSA) is 73.6 Å². The van der Waals surface area contributed by atoms with Crippen LogP contribution in [0.2, 0.25) is 0 Å². The van der Waals surface area contributed by atoms with Crippen LogP contribution in [-0.2, 0) is 10.2 Å². The summed E-state index contributed by atoms with van der Waals surface area (Å²) in [5.74, 6) is 1.51. The van der Waals surface area contributed by atoms with Crippen LogP contribution in [0.25, 0.3) is 0 Å². The van der Waals surface area contributed by atoms with E-state index in [0.717, 1.165) is 42.7 Å². The van der Waals surface area contributed by atoms with Crippen LogP contribution in [0.4, 0.5) is 0 Å². The summed E-state index contributed by atoms with van der Waals surface area (Å²) >= 11 is 0. The van der Waals surface area contributed by atoms with E-state index in [1.54, 1.807) is 0 Å². The highest BCUT2D eigenvalue weighted by atomic mass is 16.7. The number of nitrogens with one attached hydrogen (secondary N) is 1. The molecule has 1 fully saturated rings. The van der Waals surface area contributed by atoms with Gasteiger partial charge < -0.3 is 20.5 Å². The quantitative estimate of drug-likeness (QED) is 0.893. The van der Waals surface area contributed by atoms with Crippen molar-refractivity contribution in [1.29, 1.82) is 0 Å². The van der Waals surface area contributed by atoms with Gasteiger partial charge in [0.25, 0.3) is 0 Å². The Bertz CT molecular complexity index is 577. The summed E-state index contributed by atoms with van der Waals surface area (Å²) in [6.45, 7) is 5.02. The first-order valence-electron chi connectivity index (χ1n) is 7.88. The third-order valence-electron chi connectivity index (χ3n) is 4.79. The van der Waals surface area contributed by atoms with E-state index >= 15 is 0 Å². The zero-order chi connectivity index (χ0) is 15.8. The van der Waals surface area contributed by atoms with Gasteiger partial charge in [-0.15, -0.1) is 0 Å². The van der Waals surface area contributed by atoms with Crippen molar-refractivity contribution in [3.05, 3.63) is 23.8 Å². The Balaban J connectivity index is 1.67. The van der Waals surface area contributed by atoms with E-state index in [0.29, 0.717) is 6.54 Å². The zero-order valence-electron chi connectivity index (χ0n) is 13.3. The summed E-state index contributed by atoms with van der Waals surface area (Å²) in [7, 11) is 0. The fraction of sp³-hybridized carbons (Fsp3) is 0.588. The van der Waals surface area contributed by atoms with Crippen LogP contribution in [-0.4, -0.2) is 24.8 Å². The summed E-state index contributed by atoms with van der Waals surface area (Å²) in [6, 6.07) is 5.93. The second-order valence-corrected chi connectivity index (χ2v) is 7.00. The van der Waals surface area contributed by atoms with Crippen molar-refractivity contribution in [3.8, 4) is 11.5 Å². The highest BCUT2D eigenvalue weighted by Gasteiger charge is 2.37. The van der Waals surface area contributed by atoms with E-state index in [-0.39, 0.29) is 18.1 Å². The van der Waals surface area contributed by atoms with E-state index in [9.17, 15) is 4.79 Å². The van der Waals surface area contributed by atoms with Gasteiger partial charge in [0.05, 0.1) is 5.54 Å².